The molecule has 0 aliphatic rings. The lowest BCUT2D eigenvalue weighted by molar-refractivity contribution is -0.142. The van der Waals surface area contributed by atoms with Gasteiger partial charge in [0.2, 0.25) is 17.7 Å². The van der Waals surface area contributed by atoms with E-state index in [1.54, 1.807) is 6.20 Å². The van der Waals surface area contributed by atoms with Crippen LogP contribution in [0.4, 0.5) is 0 Å². The lowest BCUT2D eigenvalue weighted by Gasteiger charge is -2.25. The zero-order valence-corrected chi connectivity index (χ0v) is 24.4. The Morgan fingerprint density at radius 2 is 1.67 bits per heavy atom. The number of nitrogens with one attached hydrogen (secondary N) is 5. The average molecular weight is 601 g/mol. The number of carbonyl (C=O) groups excluding carboxylic acids is 3. The molecule has 0 saturated heterocycles. The van der Waals surface area contributed by atoms with Crippen LogP contribution >= 0.6 is 11.8 Å². The monoisotopic (exact) mass is 600 g/mol. The fourth-order valence-electron chi connectivity index (χ4n) is 4.51. The number of imidazole rings is 1. The van der Waals surface area contributed by atoms with Gasteiger partial charge in [-0.1, -0.05) is 24.6 Å². The number of carbonyl (C=O) groups is 4. The number of nitrogens with zero attached hydrogens (tertiary/aromatic N) is 1. The molecule has 0 spiro atoms. The maximum absolute atomic E-state index is 13.6. The van der Waals surface area contributed by atoms with Crippen molar-refractivity contribution in [1.29, 1.82) is 0 Å². The van der Waals surface area contributed by atoms with Gasteiger partial charge in [-0.2, -0.15) is 11.8 Å². The van der Waals surface area contributed by atoms with Gasteiger partial charge in [0, 0.05) is 41.8 Å². The molecule has 10 N–H and O–H groups in total. The topological polar surface area (TPSA) is 221 Å². The number of aliphatic carboxylic acids is 1. The number of amides is 3. The lowest BCUT2D eigenvalue weighted by Crippen LogP contribution is -2.58. The third-order valence-electron chi connectivity index (χ3n) is 6.88. The molecule has 2 heterocycles. The van der Waals surface area contributed by atoms with Crippen LogP contribution in [-0.4, -0.2) is 86.5 Å². The number of aromatic amines is 2. The molecule has 0 aliphatic heterocycles. The van der Waals surface area contributed by atoms with Gasteiger partial charge in [0.25, 0.3) is 0 Å². The summed E-state index contributed by atoms with van der Waals surface area (Å²) in [6, 6.07) is 3.39. The van der Waals surface area contributed by atoms with E-state index in [1.165, 1.54) is 24.3 Å². The molecule has 0 aliphatic carbocycles. The van der Waals surface area contributed by atoms with Crippen molar-refractivity contribution < 1.29 is 24.3 Å². The molecule has 1 aromatic carbocycles. The number of nitrogens with two attached hydrogens (primary N) is 2. The number of benzene rings is 1. The molecule has 3 rings (SSSR count). The highest BCUT2D eigenvalue weighted by molar-refractivity contribution is 7.98. The Labute approximate surface area is 248 Å². The summed E-state index contributed by atoms with van der Waals surface area (Å²) in [5, 5.41) is 18.7. The maximum atomic E-state index is 13.6. The Hall–Kier alpha value is -3.88. The van der Waals surface area contributed by atoms with Crippen LogP contribution in [0.25, 0.3) is 10.9 Å². The zero-order valence-electron chi connectivity index (χ0n) is 23.6. The summed E-state index contributed by atoms with van der Waals surface area (Å²) < 4.78 is 0. The SMILES string of the molecule is CSCCC(NC(=O)C(N)CCCCN)C(=O)NC(Cc1c[nH]c2ccccc12)C(=O)NC(Cc1cnc[nH]1)C(=O)O. The van der Waals surface area contributed by atoms with E-state index < -0.39 is 47.9 Å². The summed E-state index contributed by atoms with van der Waals surface area (Å²) in [5.74, 6) is -2.35. The molecule has 0 fully saturated rings. The molecule has 0 radical (unpaired) electrons. The number of unbranched alkanes of at least 4 members (excludes halogenated alkanes) is 1. The van der Waals surface area contributed by atoms with E-state index in [-0.39, 0.29) is 12.8 Å². The average Bonchev–Trinajstić information content (AvgIpc) is 3.64. The highest BCUT2D eigenvalue weighted by Crippen LogP contribution is 2.19. The molecule has 42 heavy (non-hydrogen) atoms. The first kappa shape index (κ1) is 32.6. The van der Waals surface area contributed by atoms with E-state index in [4.69, 9.17) is 11.5 Å². The predicted molar refractivity (Wildman–Crippen MR) is 162 cm³/mol. The predicted octanol–water partition coefficient (Wildman–Crippen LogP) is 0.425. The minimum absolute atomic E-state index is 0.0245. The Bertz CT molecular complexity index is 1310. The zero-order chi connectivity index (χ0) is 30.5. The van der Waals surface area contributed by atoms with Gasteiger partial charge in [0.15, 0.2) is 0 Å². The van der Waals surface area contributed by atoms with Crippen LogP contribution in [0.15, 0.2) is 43.0 Å². The Morgan fingerprint density at radius 3 is 2.36 bits per heavy atom. The number of H-pyrrole nitrogens is 2. The highest BCUT2D eigenvalue weighted by Gasteiger charge is 2.31. The van der Waals surface area contributed by atoms with E-state index in [0.717, 1.165) is 22.9 Å². The second kappa shape index (κ2) is 16.5. The molecule has 0 saturated carbocycles. The van der Waals surface area contributed by atoms with Crippen LogP contribution in [0.3, 0.4) is 0 Å². The number of para-hydroxylation sites is 1. The van der Waals surface area contributed by atoms with Crippen LogP contribution in [-0.2, 0) is 32.0 Å². The molecule has 13 nitrogen and oxygen atoms in total. The molecule has 2 aromatic heterocycles. The molecule has 3 amide bonds. The minimum atomic E-state index is -1.26. The van der Waals surface area contributed by atoms with Gasteiger partial charge in [0.05, 0.1) is 12.4 Å². The summed E-state index contributed by atoms with van der Waals surface area (Å²) >= 11 is 1.51. The molecular formula is C28H40N8O5S. The van der Waals surface area contributed by atoms with Crippen molar-refractivity contribution in [2.45, 2.75) is 62.7 Å². The van der Waals surface area contributed by atoms with Crippen molar-refractivity contribution >= 4 is 46.4 Å². The summed E-state index contributed by atoms with van der Waals surface area (Å²) in [4.78, 5) is 61.8. The van der Waals surface area contributed by atoms with Crippen molar-refractivity contribution in [3.8, 4) is 0 Å². The van der Waals surface area contributed by atoms with Crippen LogP contribution < -0.4 is 27.4 Å². The summed E-state index contributed by atoms with van der Waals surface area (Å²) in [7, 11) is 0. The summed E-state index contributed by atoms with van der Waals surface area (Å²) in [6.07, 6.45) is 8.76. The second-order valence-electron chi connectivity index (χ2n) is 10.0. The molecule has 228 valence electrons. The first-order chi connectivity index (χ1) is 20.2. The van der Waals surface area contributed by atoms with Crippen molar-refractivity contribution in [1.82, 2.24) is 30.9 Å². The normalized spacial score (nSPS) is 14.1. The standard InChI is InChI=1S/C28H40N8O5S/c1-42-11-9-22(34-25(37)20(30)7-4-5-10-29)26(38)35-23(12-17-14-32-21-8-3-2-6-19(17)21)27(39)36-24(28(40)41)13-18-15-31-16-33-18/h2-3,6,8,14-16,20,22-24,32H,4-5,7,9-13,29-30H2,1H3,(H,31,33)(H,34,37)(H,35,38)(H,36,39)(H,40,41). The molecule has 3 aromatic rings. The molecular weight excluding hydrogens is 560 g/mol. The smallest absolute Gasteiger partial charge is 0.326 e. The maximum Gasteiger partial charge on any atom is 0.326 e. The van der Waals surface area contributed by atoms with E-state index in [2.05, 4.69) is 30.9 Å². The van der Waals surface area contributed by atoms with Gasteiger partial charge in [-0.15, -0.1) is 0 Å². The number of aromatic nitrogens is 3. The number of hydrogen-bond acceptors (Lipinski definition) is 8. The van der Waals surface area contributed by atoms with Crippen LogP contribution in [0.1, 0.15) is 36.9 Å². The van der Waals surface area contributed by atoms with E-state index in [9.17, 15) is 24.3 Å². The molecule has 14 heteroatoms. The molecule has 4 atom stereocenters. The Balaban J connectivity index is 1.81. The largest absolute Gasteiger partial charge is 0.480 e. The number of rotatable bonds is 18. The van der Waals surface area contributed by atoms with Gasteiger partial charge >= 0.3 is 5.97 Å². The second-order valence-corrected chi connectivity index (χ2v) is 11.0. The van der Waals surface area contributed by atoms with Crippen molar-refractivity contribution in [3.05, 3.63) is 54.2 Å². The molecule has 4 unspecified atom stereocenters. The number of fused-ring (bicyclic) bond motifs is 1. The number of hydrogen-bond donors (Lipinski definition) is 8. The third-order valence-corrected chi connectivity index (χ3v) is 7.52. The van der Waals surface area contributed by atoms with Crippen LogP contribution in [0.5, 0.6) is 0 Å². The van der Waals surface area contributed by atoms with Gasteiger partial charge < -0.3 is 42.5 Å². The van der Waals surface area contributed by atoms with E-state index in [0.29, 0.717) is 37.3 Å². The summed E-state index contributed by atoms with van der Waals surface area (Å²) in [6.45, 7) is 0.498. The lowest BCUT2D eigenvalue weighted by atomic mass is 10.0. The van der Waals surface area contributed by atoms with Gasteiger partial charge in [-0.25, -0.2) is 9.78 Å². The summed E-state index contributed by atoms with van der Waals surface area (Å²) in [5.41, 5.74) is 13.7. The van der Waals surface area contributed by atoms with Gasteiger partial charge in [0.1, 0.15) is 18.1 Å². The number of carboxylic acid groups (broad SMARTS) is 1. The molecule has 0 bridgehead atoms. The van der Waals surface area contributed by atoms with E-state index in [1.807, 2.05) is 30.5 Å². The van der Waals surface area contributed by atoms with Gasteiger partial charge in [-0.05, 0) is 49.4 Å². The van der Waals surface area contributed by atoms with Crippen molar-refractivity contribution in [3.63, 3.8) is 0 Å². The Morgan fingerprint density at radius 1 is 0.952 bits per heavy atom. The van der Waals surface area contributed by atoms with Crippen LogP contribution in [0, 0.1) is 0 Å². The first-order valence-corrected chi connectivity index (χ1v) is 15.2. The Kier molecular flexibility index (Phi) is 12.8. The highest BCUT2D eigenvalue weighted by atomic mass is 32.2. The minimum Gasteiger partial charge on any atom is -0.480 e. The number of carboxylic acids is 1. The third kappa shape index (κ3) is 9.60. The van der Waals surface area contributed by atoms with Gasteiger partial charge in [-0.3, -0.25) is 14.4 Å². The first-order valence-electron chi connectivity index (χ1n) is 13.8. The van der Waals surface area contributed by atoms with Crippen LogP contribution in [0.2, 0.25) is 0 Å². The van der Waals surface area contributed by atoms with Crippen molar-refractivity contribution in [2.24, 2.45) is 11.5 Å². The van der Waals surface area contributed by atoms with Crippen molar-refractivity contribution in [2.75, 3.05) is 18.6 Å². The quantitative estimate of drug-likeness (QED) is 0.0947. The number of thioether (sulfide) groups is 1. The fraction of sp³-hybridized carbons (Fsp3) is 0.464. The van der Waals surface area contributed by atoms with E-state index >= 15 is 0 Å². The fourth-order valence-corrected chi connectivity index (χ4v) is 4.98.